The number of carboxylic acids is 2. The number of amides is 15. The number of para-hydroxylation sites is 1. The summed E-state index contributed by atoms with van der Waals surface area (Å²) in [4.78, 5) is 239. The first-order chi connectivity index (χ1) is 56.5. The number of aliphatic hydroxyl groups excluding tert-OH is 1. The fourth-order valence-electron chi connectivity index (χ4n) is 12.6. The second-order valence-corrected chi connectivity index (χ2v) is 30.5. The van der Waals surface area contributed by atoms with Crippen LogP contribution >= 0.6 is 11.8 Å². The maximum absolute atomic E-state index is 14.8. The number of fused-ring (bicyclic) bond motifs is 1. The monoisotopic (exact) mass is 1690 g/mol. The van der Waals surface area contributed by atoms with Crippen molar-refractivity contribution in [3.63, 3.8) is 0 Å². The molecule has 41 nitrogen and oxygen atoms in total. The zero-order valence-corrected chi connectivity index (χ0v) is 68.7. The molecule has 0 aliphatic carbocycles. The maximum atomic E-state index is 14.8. The van der Waals surface area contributed by atoms with Crippen molar-refractivity contribution >= 4 is 129 Å². The van der Waals surface area contributed by atoms with Crippen LogP contribution in [0.25, 0.3) is 10.9 Å². The molecule has 4 rings (SSSR count). The number of hydrogen-bond donors (Lipinski definition) is 23. The average molecular weight is 1690 g/mol. The van der Waals surface area contributed by atoms with Crippen LogP contribution in [0, 0.1) is 11.8 Å². The van der Waals surface area contributed by atoms with Gasteiger partial charge in [-0.1, -0.05) is 82.6 Å². The van der Waals surface area contributed by atoms with Crippen LogP contribution in [0.3, 0.4) is 0 Å². The third kappa shape index (κ3) is 36.1. The van der Waals surface area contributed by atoms with E-state index in [0.29, 0.717) is 54.3 Å². The van der Waals surface area contributed by atoms with E-state index in [2.05, 4.69) is 84.4 Å². The number of carbonyl (C=O) groups excluding carboxylic acids is 15. The highest BCUT2D eigenvalue weighted by Crippen LogP contribution is 2.21. The first-order valence-electron chi connectivity index (χ1n) is 39.6. The van der Waals surface area contributed by atoms with Crippen LogP contribution in [0.5, 0.6) is 0 Å². The molecule has 0 spiro atoms. The summed E-state index contributed by atoms with van der Waals surface area (Å²) in [7, 11) is 0. The van der Waals surface area contributed by atoms with Gasteiger partial charge in [-0.2, -0.15) is 11.8 Å². The third-order valence-corrected chi connectivity index (χ3v) is 20.1. The maximum Gasteiger partial charge on any atom is 0.328 e. The van der Waals surface area contributed by atoms with Crippen LogP contribution in [0.2, 0.25) is 0 Å². The highest BCUT2D eigenvalue weighted by molar-refractivity contribution is 7.98. The first-order valence-corrected chi connectivity index (χ1v) is 41.0. The van der Waals surface area contributed by atoms with E-state index in [1.807, 2.05) is 0 Å². The largest absolute Gasteiger partial charge is 0.481 e. The molecule has 15 amide bonds. The Morgan fingerprint density at radius 3 is 1.55 bits per heavy atom. The summed E-state index contributed by atoms with van der Waals surface area (Å²) in [5, 5.41) is 66.0. The van der Waals surface area contributed by atoms with E-state index in [9.17, 15) is 96.8 Å². The molecule has 1 fully saturated rings. The second-order valence-electron chi connectivity index (χ2n) is 29.5. The molecule has 1 aromatic heterocycles. The van der Waals surface area contributed by atoms with Crippen molar-refractivity contribution < 1.29 is 96.8 Å². The molecule has 3 aromatic rings. The number of nitrogens with two attached hydrogens (primary N) is 5. The molecule has 0 saturated carbocycles. The normalized spacial score (nSPS) is 15.7. The van der Waals surface area contributed by atoms with E-state index >= 15 is 0 Å². The van der Waals surface area contributed by atoms with Gasteiger partial charge in [0.15, 0.2) is 5.96 Å². The van der Waals surface area contributed by atoms with Crippen LogP contribution < -0.4 is 103 Å². The Morgan fingerprint density at radius 2 is 1.02 bits per heavy atom. The van der Waals surface area contributed by atoms with Crippen molar-refractivity contribution in [1.82, 2.24) is 79.4 Å². The molecule has 42 heteroatoms. The quantitative estimate of drug-likeness (QED) is 0.0143. The predicted octanol–water partition coefficient (Wildman–Crippen LogP) is -4.84. The van der Waals surface area contributed by atoms with Gasteiger partial charge in [0.25, 0.3) is 0 Å². The van der Waals surface area contributed by atoms with Gasteiger partial charge in [-0.05, 0) is 138 Å². The number of primary amides is 2. The molecule has 0 radical (unpaired) electrons. The minimum atomic E-state index is -1.76. The lowest BCUT2D eigenvalue weighted by Crippen LogP contribution is -2.61. The van der Waals surface area contributed by atoms with Gasteiger partial charge in [0.1, 0.15) is 72.5 Å². The minimum absolute atomic E-state index is 0.0101. The molecular weight excluding hydrogens is 1570 g/mol. The van der Waals surface area contributed by atoms with Crippen molar-refractivity contribution in [2.24, 2.45) is 45.5 Å². The van der Waals surface area contributed by atoms with E-state index in [4.69, 9.17) is 28.7 Å². The summed E-state index contributed by atoms with van der Waals surface area (Å²) in [6.45, 7) is 7.04. The summed E-state index contributed by atoms with van der Waals surface area (Å²) >= 11 is 1.30. The van der Waals surface area contributed by atoms with Crippen molar-refractivity contribution in [3.05, 3.63) is 71.9 Å². The van der Waals surface area contributed by atoms with Gasteiger partial charge >= 0.3 is 11.9 Å². The van der Waals surface area contributed by atoms with E-state index in [-0.39, 0.29) is 94.9 Å². The fourth-order valence-corrected chi connectivity index (χ4v) is 13.1. The Kier molecular flexibility index (Phi) is 43.9. The summed E-state index contributed by atoms with van der Waals surface area (Å²) in [5.74, 6) is -17.5. The first kappa shape index (κ1) is 99.8. The molecule has 1 saturated heterocycles. The fraction of sp³-hybridized carbons (Fsp3) is 0.584. The van der Waals surface area contributed by atoms with E-state index < -0.39 is 224 Å². The van der Waals surface area contributed by atoms with Crippen molar-refractivity contribution in [2.45, 2.75) is 229 Å². The molecular formula is C77H119N21O20S. The number of carbonyl (C=O) groups is 17. The lowest BCUT2D eigenvalue weighted by atomic mass is 9.97. The molecule has 1 aliphatic heterocycles. The molecule has 2 heterocycles. The van der Waals surface area contributed by atoms with Gasteiger partial charge < -0.3 is 123 Å². The number of hydrogen-bond acceptors (Lipinski definition) is 22. The Hall–Kier alpha value is -11.5. The number of unbranched alkanes of at least 4 members (excludes halogenated alkanes) is 1. The number of benzene rings is 2. The van der Waals surface area contributed by atoms with Crippen molar-refractivity contribution in [1.29, 1.82) is 0 Å². The molecule has 28 N–H and O–H groups in total. The van der Waals surface area contributed by atoms with E-state index in [0.717, 1.165) is 0 Å². The zero-order chi connectivity index (χ0) is 88.4. The summed E-state index contributed by atoms with van der Waals surface area (Å²) in [6, 6.07) is -3.54. The Bertz CT molecular complexity index is 3970. The number of guanidine groups is 1. The SMILES string of the molecule is CC[C@H](C)[C@H](NC(=O)CNC(=O)[C@H](CCC(N)=O)NC(=O)[C@@H]1CCCN1)C(=O)N[C@@H](Cc1ccccc1)C(=O)N[C@@H](CCC(=O)O)C(=O)N[C@@H](C)C(=O)N[C@@H](CCC(N)=O)C(=O)N[C@@H](CCCCN)C(=O)N[C@@H](CCSC)C(=O)N[C@@H](CC(C)C)C(=O)N[C@@H](Cc1c[nH]c2ccccc12)C(=O)N[C@@H](CCCN=C(N)N)C(=O)N[C@@H](CO)C(=O)O. The summed E-state index contributed by atoms with van der Waals surface area (Å²) < 4.78 is 0. The molecule has 14 atom stereocenters. The van der Waals surface area contributed by atoms with Gasteiger partial charge in [-0.3, -0.25) is 81.7 Å². The number of carboxylic acid groups (broad SMARTS) is 2. The average Bonchev–Trinajstić information content (AvgIpc) is 1.70. The third-order valence-electron chi connectivity index (χ3n) is 19.5. The lowest BCUT2D eigenvalue weighted by Gasteiger charge is -2.29. The molecule has 0 bridgehead atoms. The number of rotatable bonds is 56. The number of aliphatic hydroxyl groups is 1. The molecule has 1 aliphatic rings. The minimum Gasteiger partial charge on any atom is -0.481 e. The number of aliphatic carboxylic acids is 2. The molecule has 119 heavy (non-hydrogen) atoms. The number of nitrogens with one attached hydrogen (secondary N) is 15. The van der Waals surface area contributed by atoms with Crippen LogP contribution in [0.4, 0.5) is 0 Å². The lowest BCUT2D eigenvalue weighted by molar-refractivity contribution is -0.143. The molecule has 0 unspecified atom stereocenters. The smallest absolute Gasteiger partial charge is 0.328 e. The molecule has 658 valence electrons. The van der Waals surface area contributed by atoms with Crippen molar-refractivity contribution in [2.75, 3.05) is 44.8 Å². The number of H-pyrrole nitrogens is 1. The van der Waals surface area contributed by atoms with E-state index in [1.54, 1.807) is 94.7 Å². The summed E-state index contributed by atoms with van der Waals surface area (Å²) in [6.07, 6.45) is 1.91. The van der Waals surface area contributed by atoms with Crippen molar-refractivity contribution in [3.8, 4) is 0 Å². The van der Waals surface area contributed by atoms with Crippen LogP contribution in [-0.2, 0) is 94.3 Å². The predicted molar refractivity (Wildman–Crippen MR) is 438 cm³/mol. The van der Waals surface area contributed by atoms with Gasteiger partial charge in [-0.25, -0.2) is 4.79 Å². The number of thioether (sulfide) groups is 1. The van der Waals surface area contributed by atoms with Crippen LogP contribution in [0.1, 0.15) is 148 Å². The van der Waals surface area contributed by atoms with Gasteiger partial charge in [-0.15, -0.1) is 0 Å². The molecule has 2 aromatic carbocycles. The van der Waals surface area contributed by atoms with Crippen LogP contribution in [0.15, 0.2) is 65.8 Å². The number of aromatic nitrogens is 1. The number of aliphatic imine (C=N–C) groups is 1. The highest BCUT2D eigenvalue weighted by atomic mass is 32.2. The second kappa shape index (κ2) is 52.3. The number of aromatic amines is 1. The number of nitrogens with zero attached hydrogens (tertiary/aromatic N) is 1. The highest BCUT2D eigenvalue weighted by Gasteiger charge is 2.39. The Balaban J connectivity index is 1.58. The Labute approximate surface area is 693 Å². The van der Waals surface area contributed by atoms with Gasteiger partial charge in [0.2, 0.25) is 88.6 Å². The van der Waals surface area contributed by atoms with Gasteiger partial charge in [0, 0.05) is 55.7 Å². The Morgan fingerprint density at radius 1 is 0.529 bits per heavy atom. The van der Waals surface area contributed by atoms with Gasteiger partial charge in [0.05, 0.1) is 19.2 Å². The zero-order valence-electron chi connectivity index (χ0n) is 67.9. The summed E-state index contributed by atoms with van der Waals surface area (Å²) in [5.41, 5.74) is 29.4. The standard InChI is InChI=1S/C77H119N21O20S/c1-7-42(4)63(98-61(102)39-86-65(106)51(24-27-59(79)100)91-66(107)48-22-15-32-83-48)75(116)96-56(36-44-17-9-8-10-18-44)73(114)92-53(26-29-62(103)104)67(108)87-43(5)64(105)88-52(25-28-60(80)101)70(111)89-49(21-13-14-31-78)68(109)93-54(30-34-119-6)71(112)94-55(35-41(2)3)72(113)95-57(37-45-38-85-47-20-12-11-19-46(45)47)74(115)90-50(23-16-33-84-77(81)82)69(110)97-58(40-99)76(117)118/h8-12,17-20,38,41-43,48-58,63,83,85,99H,7,13-16,21-37,39-40,78H2,1-6H3,(H2,79,100)(H2,80,101)(H,86,106)(H,87,108)(H,88,105)(H,89,111)(H,90,115)(H,91,107)(H,92,114)(H,93,109)(H,94,112)(H,95,113)(H,96,116)(H,97,110)(H,98,102)(H,103,104)(H,117,118)(H4,81,82,84)/t42-,43-,48-,49-,50-,51-,52-,53-,54-,55-,56-,57-,58-,63-/m0/s1. The topological polar surface area (TPSA) is 678 Å². The van der Waals surface area contributed by atoms with Crippen LogP contribution in [-0.4, -0.2) is 250 Å². The van der Waals surface area contributed by atoms with E-state index in [1.165, 1.54) is 18.7 Å².